The van der Waals surface area contributed by atoms with Crippen molar-refractivity contribution < 1.29 is 9.15 Å². The van der Waals surface area contributed by atoms with Gasteiger partial charge in [-0.3, -0.25) is 0 Å². The van der Waals surface area contributed by atoms with Gasteiger partial charge in [0.2, 0.25) is 0 Å². The van der Waals surface area contributed by atoms with Gasteiger partial charge in [-0.15, -0.1) is 0 Å². The minimum Gasteiger partial charge on any atom is -0.463 e. The summed E-state index contributed by atoms with van der Waals surface area (Å²) in [6, 6.07) is 5.95. The zero-order valence-corrected chi connectivity index (χ0v) is 11.0. The largest absolute Gasteiger partial charge is 0.463 e. The average Bonchev–Trinajstić information content (AvgIpc) is 2.83. The minimum absolute atomic E-state index is 0.690. The number of hydrogen-bond acceptors (Lipinski definition) is 2. The fraction of sp³-hybridized carbons (Fsp3) is 0.333. The zero-order valence-electron chi connectivity index (χ0n) is 9.37. The second-order valence-electron chi connectivity index (χ2n) is 3.60. The quantitative estimate of drug-likeness (QED) is 0.859. The number of halogens is 1. The predicted molar refractivity (Wildman–Crippen MR) is 66.4 cm³/mol. The summed E-state index contributed by atoms with van der Waals surface area (Å²) in [5, 5.41) is 0. The molecule has 0 amide bonds. The lowest BCUT2D eigenvalue weighted by atomic mass is 10.3. The highest BCUT2D eigenvalue weighted by Gasteiger charge is 2.14. The molecule has 0 spiro atoms. The molecule has 0 unspecified atom stereocenters. The molecule has 0 aliphatic heterocycles. The Morgan fingerprint density at radius 1 is 1.50 bits per heavy atom. The third-order valence-corrected chi connectivity index (χ3v) is 3.14. The van der Waals surface area contributed by atoms with Crippen LogP contribution in [0.25, 0.3) is 11.5 Å². The molecule has 2 aromatic rings. The molecule has 0 saturated carbocycles. The molecule has 16 heavy (non-hydrogen) atoms. The van der Waals surface area contributed by atoms with E-state index in [2.05, 4.69) is 33.5 Å². The van der Waals surface area contributed by atoms with Gasteiger partial charge < -0.3 is 13.7 Å². The zero-order chi connectivity index (χ0) is 11.5. The fourth-order valence-corrected chi connectivity index (χ4v) is 2.51. The molecule has 0 atom stereocenters. The van der Waals surface area contributed by atoms with Crippen molar-refractivity contribution in [3.8, 4) is 11.5 Å². The van der Waals surface area contributed by atoms with Crippen molar-refractivity contribution in [2.45, 2.75) is 13.5 Å². The van der Waals surface area contributed by atoms with E-state index in [-0.39, 0.29) is 0 Å². The van der Waals surface area contributed by atoms with E-state index < -0.39 is 0 Å². The van der Waals surface area contributed by atoms with Gasteiger partial charge in [-0.25, -0.2) is 0 Å². The first-order valence-electron chi connectivity index (χ1n) is 5.12. The van der Waals surface area contributed by atoms with Crippen LogP contribution in [0.15, 0.2) is 33.4 Å². The standard InChI is InChI=1S/C12H14BrNO2/c1-9-8-10(13)12(11-4-3-6-16-11)14(9)5-7-15-2/h3-4,6,8H,5,7H2,1-2H3. The Kier molecular flexibility index (Phi) is 3.51. The molecule has 0 aliphatic rings. The van der Waals surface area contributed by atoms with E-state index in [1.807, 2.05) is 12.1 Å². The first-order valence-corrected chi connectivity index (χ1v) is 5.91. The van der Waals surface area contributed by atoms with E-state index in [1.165, 1.54) is 5.69 Å². The number of aryl methyl sites for hydroxylation is 1. The van der Waals surface area contributed by atoms with Crippen LogP contribution in [-0.2, 0) is 11.3 Å². The van der Waals surface area contributed by atoms with Crippen LogP contribution in [0.5, 0.6) is 0 Å². The SMILES string of the molecule is COCCn1c(C)cc(Br)c1-c1ccco1. The third kappa shape index (κ3) is 2.08. The molecule has 2 aromatic heterocycles. The second-order valence-corrected chi connectivity index (χ2v) is 4.46. The van der Waals surface area contributed by atoms with E-state index in [4.69, 9.17) is 9.15 Å². The number of nitrogens with zero attached hydrogens (tertiary/aromatic N) is 1. The molecule has 0 radical (unpaired) electrons. The smallest absolute Gasteiger partial charge is 0.151 e. The van der Waals surface area contributed by atoms with Crippen molar-refractivity contribution in [2.75, 3.05) is 13.7 Å². The van der Waals surface area contributed by atoms with Crippen LogP contribution in [0.3, 0.4) is 0 Å². The second kappa shape index (κ2) is 4.89. The van der Waals surface area contributed by atoms with E-state index in [0.717, 1.165) is 22.5 Å². The highest BCUT2D eigenvalue weighted by atomic mass is 79.9. The summed E-state index contributed by atoms with van der Waals surface area (Å²) in [5.41, 5.74) is 2.26. The Morgan fingerprint density at radius 3 is 2.94 bits per heavy atom. The minimum atomic E-state index is 0.690. The summed E-state index contributed by atoms with van der Waals surface area (Å²) in [6.07, 6.45) is 1.69. The van der Waals surface area contributed by atoms with Crippen LogP contribution in [0.2, 0.25) is 0 Å². The van der Waals surface area contributed by atoms with Crippen LogP contribution in [0.4, 0.5) is 0 Å². The van der Waals surface area contributed by atoms with Crippen molar-refractivity contribution in [1.82, 2.24) is 4.57 Å². The summed E-state index contributed by atoms with van der Waals surface area (Å²) in [5.74, 6) is 0.871. The molecule has 0 fully saturated rings. The van der Waals surface area contributed by atoms with Crippen LogP contribution in [-0.4, -0.2) is 18.3 Å². The van der Waals surface area contributed by atoms with E-state index in [9.17, 15) is 0 Å². The van der Waals surface area contributed by atoms with Crippen molar-refractivity contribution in [1.29, 1.82) is 0 Å². The van der Waals surface area contributed by atoms with Gasteiger partial charge in [0.25, 0.3) is 0 Å². The maximum Gasteiger partial charge on any atom is 0.151 e. The van der Waals surface area contributed by atoms with Gasteiger partial charge in [-0.2, -0.15) is 0 Å². The number of furan rings is 1. The molecule has 86 valence electrons. The van der Waals surface area contributed by atoms with E-state index in [1.54, 1.807) is 13.4 Å². The molecular weight excluding hydrogens is 270 g/mol. The molecule has 0 N–H and O–H groups in total. The number of rotatable bonds is 4. The van der Waals surface area contributed by atoms with Gasteiger partial charge in [0.05, 0.1) is 18.6 Å². The molecular formula is C12H14BrNO2. The number of hydrogen-bond donors (Lipinski definition) is 0. The topological polar surface area (TPSA) is 27.3 Å². The predicted octanol–water partition coefficient (Wildman–Crippen LogP) is 3.47. The molecule has 2 heterocycles. The summed E-state index contributed by atoms with van der Waals surface area (Å²) in [4.78, 5) is 0. The molecule has 0 bridgehead atoms. The number of ether oxygens (including phenoxy) is 1. The van der Waals surface area contributed by atoms with Crippen LogP contribution < -0.4 is 0 Å². The molecule has 3 nitrogen and oxygen atoms in total. The monoisotopic (exact) mass is 283 g/mol. The Morgan fingerprint density at radius 2 is 2.31 bits per heavy atom. The molecule has 0 aromatic carbocycles. The van der Waals surface area contributed by atoms with Gasteiger partial charge in [-0.05, 0) is 41.1 Å². The Labute approximate surface area is 103 Å². The fourth-order valence-electron chi connectivity index (χ4n) is 1.77. The molecule has 0 aliphatic carbocycles. The maximum atomic E-state index is 5.44. The van der Waals surface area contributed by atoms with Crippen molar-refractivity contribution in [3.63, 3.8) is 0 Å². The Balaban J connectivity index is 2.42. The molecule has 4 heteroatoms. The molecule has 2 rings (SSSR count). The molecule has 0 saturated heterocycles. The Bertz CT molecular complexity index is 460. The van der Waals surface area contributed by atoms with Gasteiger partial charge in [0.1, 0.15) is 0 Å². The summed E-state index contributed by atoms with van der Waals surface area (Å²) in [6.45, 7) is 3.59. The van der Waals surface area contributed by atoms with Gasteiger partial charge in [0, 0.05) is 23.8 Å². The van der Waals surface area contributed by atoms with Gasteiger partial charge in [0.15, 0.2) is 5.76 Å². The van der Waals surface area contributed by atoms with Crippen LogP contribution in [0, 0.1) is 6.92 Å². The van der Waals surface area contributed by atoms with Gasteiger partial charge >= 0.3 is 0 Å². The van der Waals surface area contributed by atoms with Crippen LogP contribution in [0.1, 0.15) is 5.69 Å². The number of methoxy groups -OCH3 is 1. The Hall–Kier alpha value is -1.00. The summed E-state index contributed by atoms with van der Waals surface area (Å²) < 4.78 is 13.8. The summed E-state index contributed by atoms with van der Waals surface area (Å²) in [7, 11) is 1.71. The summed E-state index contributed by atoms with van der Waals surface area (Å²) >= 11 is 3.56. The lowest BCUT2D eigenvalue weighted by Gasteiger charge is -2.09. The van der Waals surface area contributed by atoms with E-state index in [0.29, 0.717) is 6.61 Å². The average molecular weight is 284 g/mol. The highest BCUT2D eigenvalue weighted by Crippen LogP contribution is 2.31. The maximum absolute atomic E-state index is 5.44. The first-order chi connectivity index (χ1) is 7.74. The third-order valence-electron chi connectivity index (χ3n) is 2.53. The van der Waals surface area contributed by atoms with E-state index >= 15 is 0 Å². The van der Waals surface area contributed by atoms with Crippen molar-refractivity contribution >= 4 is 15.9 Å². The lowest BCUT2D eigenvalue weighted by Crippen LogP contribution is -2.07. The van der Waals surface area contributed by atoms with Crippen LogP contribution >= 0.6 is 15.9 Å². The highest BCUT2D eigenvalue weighted by molar-refractivity contribution is 9.10. The van der Waals surface area contributed by atoms with Crippen molar-refractivity contribution in [2.24, 2.45) is 0 Å². The lowest BCUT2D eigenvalue weighted by molar-refractivity contribution is 0.187. The van der Waals surface area contributed by atoms with Gasteiger partial charge in [-0.1, -0.05) is 0 Å². The van der Waals surface area contributed by atoms with Crippen molar-refractivity contribution in [3.05, 3.63) is 34.6 Å². The number of aromatic nitrogens is 1. The first kappa shape index (κ1) is 11.5. The normalized spacial score (nSPS) is 10.9.